The fraction of sp³-hybridized carbons (Fsp3) is 0.700. The van der Waals surface area contributed by atoms with E-state index in [-0.39, 0.29) is 0 Å². The van der Waals surface area contributed by atoms with Gasteiger partial charge in [-0.1, -0.05) is 0 Å². The van der Waals surface area contributed by atoms with Crippen LogP contribution in [0.1, 0.15) is 18.4 Å². The van der Waals surface area contributed by atoms with Crippen molar-refractivity contribution in [1.29, 1.82) is 0 Å². The van der Waals surface area contributed by atoms with Crippen molar-refractivity contribution in [3.63, 3.8) is 0 Å². The fourth-order valence-electron chi connectivity index (χ4n) is 1.88. The predicted molar refractivity (Wildman–Crippen MR) is 55.9 cm³/mol. The molecule has 4 heteroatoms. The number of nitrogens with zero attached hydrogens (tertiary/aromatic N) is 1. The molecule has 0 aromatic carbocycles. The fourth-order valence-corrected chi connectivity index (χ4v) is 1.88. The second-order valence-electron chi connectivity index (χ2n) is 3.93. The van der Waals surface area contributed by atoms with E-state index >= 15 is 0 Å². The summed E-state index contributed by atoms with van der Waals surface area (Å²) < 4.78 is 0. The molecule has 4 nitrogen and oxygen atoms in total. The molecule has 0 spiro atoms. The molecule has 3 N–H and O–H groups in total. The molecule has 2 heterocycles. The van der Waals surface area contributed by atoms with Crippen LogP contribution in [0.25, 0.3) is 0 Å². The number of rotatable bonds is 4. The molecule has 78 valence electrons. The van der Waals surface area contributed by atoms with Crippen molar-refractivity contribution in [2.45, 2.75) is 19.4 Å². The SMILES string of the molecule is c1n[nH]cc1CNCC1CCNCC1. The van der Waals surface area contributed by atoms with Gasteiger partial charge in [0.05, 0.1) is 6.20 Å². The Labute approximate surface area is 84.5 Å². The Hall–Kier alpha value is -0.870. The summed E-state index contributed by atoms with van der Waals surface area (Å²) in [5.74, 6) is 0.850. The lowest BCUT2D eigenvalue weighted by Crippen LogP contribution is -2.33. The zero-order chi connectivity index (χ0) is 9.64. The van der Waals surface area contributed by atoms with Crippen molar-refractivity contribution in [3.05, 3.63) is 18.0 Å². The minimum Gasteiger partial charge on any atom is -0.317 e. The molecule has 2 rings (SSSR count). The highest BCUT2D eigenvalue weighted by Gasteiger charge is 2.11. The Kier molecular flexibility index (Phi) is 3.54. The number of hydrogen-bond acceptors (Lipinski definition) is 3. The van der Waals surface area contributed by atoms with Crippen LogP contribution in [0.15, 0.2) is 12.4 Å². The standard InChI is InChI=1S/C10H18N4/c1-3-11-4-2-9(1)5-12-6-10-7-13-14-8-10/h7-9,11-12H,1-6H2,(H,13,14). The molecule has 0 atom stereocenters. The van der Waals surface area contributed by atoms with E-state index in [4.69, 9.17) is 0 Å². The molecule has 0 radical (unpaired) electrons. The summed E-state index contributed by atoms with van der Waals surface area (Å²) in [6.07, 6.45) is 6.42. The van der Waals surface area contributed by atoms with Crippen LogP contribution < -0.4 is 10.6 Å². The molecule has 0 amide bonds. The topological polar surface area (TPSA) is 52.7 Å². The van der Waals surface area contributed by atoms with Gasteiger partial charge in [0.2, 0.25) is 0 Å². The number of piperidine rings is 1. The normalized spacial score (nSPS) is 18.6. The van der Waals surface area contributed by atoms with Crippen molar-refractivity contribution in [3.8, 4) is 0 Å². The second kappa shape index (κ2) is 5.12. The van der Waals surface area contributed by atoms with Gasteiger partial charge in [-0.25, -0.2) is 0 Å². The first-order valence-electron chi connectivity index (χ1n) is 5.34. The summed E-state index contributed by atoms with van der Waals surface area (Å²) in [4.78, 5) is 0. The average molecular weight is 194 g/mol. The summed E-state index contributed by atoms with van der Waals surface area (Å²) in [7, 11) is 0. The number of hydrogen-bond donors (Lipinski definition) is 3. The second-order valence-corrected chi connectivity index (χ2v) is 3.93. The molecule has 1 aromatic heterocycles. The molecular weight excluding hydrogens is 176 g/mol. The molecule has 0 saturated carbocycles. The summed E-state index contributed by atoms with van der Waals surface area (Å²) >= 11 is 0. The van der Waals surface area contributed by atoms with Crippen LogP contribution in [0.5, 0.6) is 0 Å². The van der Waals surface area contributed by atoms with E-state index in [1.807, 2.05) is 12.4 Å². The third-order valence-electron chi connectivity index (χ3n) is 2.78. The minimum atomic E-state index is 0.850. The van der Waals surface area contributed by atoms with E-state index in [0.717, 1.165) is 19.0 Å². The molecule has 1 saturated heterocycles. The number of aromatic amines is 1. The van der Waals surface area contributed by atoms with Gasteiger partial charge in [-0.2, -0.15) is 5.10 Å². The Morgan fingerprint density at radius 2 is 2.29 bits per heavy atom. The number of H-pyrrole nitrogens is 1. The summed E-state index contributed by atoms with van der Waals surface area (Å²) in [6.45, 7) is 4.42. The predicted octanol–water partition coefficient (Wildman–Crippen LogP) is 0.499. The molecular formula is C10H18N4. The highest BCUT2D eigenvalue weighted by Crippen LogP contribution is 2.09. The van der Waals surface area contributed by atoms with Gasteiger partial charge in [0.1, 0.15) is 0 Å². The third-order valence-corrected chi connectivity index (χ3v) is 2.78. The first-order chi connectivity index (χ1) is 6.95. The van der Waals surface area contributed by atoms with E-state index in [9.17, 15) is 0 Å². The quantitative estimate of drug-likeness (QED) is 0.654. The number of aromatic nitrogens is 2. The van der Waals surface area contributed by atoms with Crippen molar-refractivity contribution < 1.29 is 0 Å². The maximum Gasteiger partial charge on any atom is 0.0532 e. The van der Waals surface area contributed by atoms with Gasteiger partial charge in [0.15, 0.2) is 0 Å². The average Bonchev–Trinajstić information content (AvgIpc) is 2.72. The molecule has 1 aliphatic rings. The third kappa shape index (κ3) is 2.82. The van der Waals surface area contributed by atoms with Gasteiger partial charge >= 0.3 is 0 Å². The smallest absolute Gasteiger partial charge is 0.0532 e. The maximum absolute atomic E-state index is 3.91. The molecule has 0 aliphatic carbocycles. The molecule has 0 bridgehead atoms. The van der Waals surface area contributed by atoms with Crippen LogP contribution >= 0.6 is 0 Å². The van der Waals surface area contributed by atoms with E-state index in [2.05, 4.69) is 20.8 Å². The number of nitrogens with one attached hydrogen (secondary N) is 3. The lowest BCUT2D eigenvalue weighted by Gasteiger charge is -2.22. The Morgan fingerprint density at radius 1 is 1.43 bits per heavy atom. The highest BCUT2D eigenvalue weighted by molar-refractivity contribution is 5.01. The molecule has 1 fully saturated rings. The highest BCUT2D eigenvalue weighted by atomic mass is 15.1. The zero-order valence-corrected chi connectivity index (χ0v) is 8.42. The van der Waals surface area contributed by atoms with Crippen molar-refractivity contribution in [2.24, 2.45) is 5.92 Å². The largest absolute Gasteiger partial charge is 0.317 e. The van der Waals surface area contributed by atoms with Crippen molar-refractivity contribution in [1.82, 2.24) is 20.8 Å². The first-order valence-corrected chi connectivity index (χ1v) is 5.34. The van der Waals surface area contributed by atoms with Crippen LogP contribution in [-0.4, -0.2) is 29.8 Å². The Balaban J connectivity index is 1.62. The summed E-state index contributed by atoms with van der Waals surface area (Å²) in [6, 6.07) is 0. The summed E-state index contributed by atoms with van der Waals surface area (Å²) in [5.41, 5.74) is 1.24. The monoisotopic (exact) mass is 194 g/mol. The van der Waals surface area contributed by atoms with Gasteiger partial charge in [-0.3, -0.25) is 5.10 Å². The van der Waals surface area contributed by atoms with Crippen molar-refractivity contribution in [2.75, 3.05) is 19.6 Å². The van der Waals surface area contributed by atoms with Gasteiger partial charge < -0.3 is 10.6 Å². The van der Waals surface area contributed by atoms with Gasteiger partial charge in [0.25, 0.3) is 0 Å². The Morgan fingerprint density at radius 3 is 3.00 bits per heavy atom. The first kappa shape index (κ1) is 9.68. The lowest BCUT2D eigenvalue weighted by atomic mass is 9.98. The van der Waals surface area contributed by atoms with Gasteiger partial charge in [-0.05, 0) is 38.4 Å². The van der Waals surface area contributed by atoms with Crippen LogP contribution in [-0.2, 0) is 6.54 Å². The van der Waals surface area contributed by atoms with E-state index < -0.39 is 0 Å². The molecule has 1 aromatic rings. The molecule has 0 unspecified atom stereocenters. The van der Waals surface area contributed by atoms with E-state index in [1.54, 1.807) is 0 Å². The zero-order valence-electron chi connectivity index (χ0n) is 8.42. The maximum atomic E-state index is 3.91. The van der Waals surface area contributed by atoms with Crippen LogP contribution in [0.2, 0.25) is 0 Å². The van der Waals surface area contributed by atoms with Crippen LogP contribution in [0.4, 0.5) is 0 Å². The van der Waals surface area contributed by atoms with E-state index in [1.165, 1.54) is 31.5 Å². The summed E-state index contributed by atoms with van der Waals surface area (Å²) in [5, 5.41) is 13.6. The van der Waals surface area contributed by atoms with Crippen LogP contribution in [0.3, 0.4) is 0 Å². The molecule has 14 heavy (non-hydrogen) atoms. The lowest BCUT2D eigenvalue weighted by molar-refractivity contribution is 0.356. The molecule has 1 aliphatic heterocycles. The Bertz CT molecular complexity index is 239. The minimum absolute atomic E-state index is 0.850. The van der Waals surface area contributed by atoms with Crippen LogP contribution in [0, 0.1) is 5.92 Å². The van der Waals surface area contributed by atoms with Gasteiger partial charge in [-0.15, -0.1) is 0 Å². The van der Waals surface area contributed by atoms with Gasteiger partial charge in [0, 0.05) is 18.3 Å². The van der Waals surface area contributed by atoms with E-state index in [0.29, 0.717) is 0 Å². The van der Waals surface area contributed by atoms with Crippen molar-refractivity contribution >= 4 is 0 Å².